The first-order chi connectivity index (χ1) is 12.4. The first-order valence-corrected chi connectivity index (χ1v) is 8.64. The van der Waals surface area contributed by atoms with Gasteiger partial charge in [0.05, 0.1) is 0 Å². The van der Waals surface area contributed by atoms with Crippen LogP contribution in [-0.2, 0) is 20.7 Å². The SMILES string of the molecule is CCc1cccc(C)c1NC(=O)COC(=O)COc1ccc(C)cc1C. The predicted molar refractivity (Wildman–Crippen MR) is 102 cm³/mol. The van der Waals surface area contributed by atoms with Gasteiger partial charge in [-0.2, -0.15) is 0 Å². The van der Waals surface area contributed by atoms with Crippen molar-refractivity contribution < 1.29 is 19.1 Å². The van der Waals surface area contributed by atoms with E-state index < -0.39 is 5.97 Å². The van der Waals surface area contributed by atoms with Crippen molar-refractivity contribution in [3.8, 4) is 5.75 Å². The van der Waals surface area contributed by atoms with Gasteiger partial charge in [0.1, 0.15) is 5.75 Å². The molecule has 0 fully saturated rings. The maximum Gasteiger partial charge on any atom is 0.344 e. The molecule has 2 aromatic carbocycles. The number of rotatable bonds is 7. The van der Waals surface area contributed by atoms with Crippen LogP contribution in [0.1, 0.15) is 29.2 Å². The van der Waals surface area contributed by atoms with Crippen molar-refractivity contribution in [1.29, 1.82) is 0 Å². The van der Waals surface area contributed by atoms with E-state index in [4.69, 9.17) is 9.47 Å². The Morgan fingerprint density at radius 1 is 1.00 bits per heavy atom. The molecule has 0 saturated carbocycles. The van der Waals surface area contributed by atoms with Gasteiger partial charge in [-0.25, -0.2) is 4.79 Å². The number of carbonyl (C=O) groups is 2. The molecule has 0 aliphatic heterocycles. The second-order valence-corrected chi connectivity index (χ2v) is 6.23. The number of anilines is 1. The molecule has 0 heterocycles. The van der Waals surface area contributed by atoms with Gasteiger partial charge in [-0.15, -0.1) is 0 Å². The molecule has 0 saturated heterocycles. The highest BCUT2D eigenvalue weighted by atomic mass is 16.6. The van der Waals surface area contributed by atoms with Gasteiger partial charge < -0.3 is 14.8 Å². The van der Waals surface area contributed by atoms with Gasteiger partial charge in [-0.3, -0.25) is 4.79 Å². The largest absolute Gasteiger partial charge is 0.482 e. The molecule has 0 unspecified atom stereocenters. The molecule has 5 heteroatoms. The Hall–Kier alpha value is -2.82. The van der Waals surface area contributed by atoms with Crippen molar-refractivity contribution in [2.24, 2.45) is 0 Å². The number of aryl methyl sites for hydroxylation is 4. The summed E-state index contributed by atoms with van der Waals surface area (Å²) in [5, 5.41) is 2.82. The van der Waals surface area contributed by atoms with Gasteiger partial charge in [0.15, 0.2) is 13.2 Å². The maximum atomic E-state index is 12.1. The van der Waals surface area contributed by atoms with Gasteiger partial charge in [-0.1, -0.05) is 42.8 Å². The lowest BCUT2D eigenvalue weighted by Crippen LogP contribution is -2.24. The van der Waals surface area contributed by atoms with Crippen LogP contribution in [0.3, 0.4) is 0 Å². The third-order valence-corrected chi connectivity index (χ3v) is 4.04. The van der Waals surface area contributed by atoms with E-state index in [1.54, 1.807) is 0 Å². The number of esters is 1. The Morgan fingerprint density at radius 3 is 2.46 bits per heavy atom. The number of nitrogens with one attached hydrogen (secondary N) is 1. The summed E-state index contributed by atoms with van der Waals surface area (Å²) < 4.78 is 10.5. The first-order valence-electron chi connectivity index (χ1n) is 8.64. The summed E-state index contributed by atoms with van der Waals surface area (Å²) in [7, 11) is 0. The van der Waals surface area contributed by atoms with Gasteiger partial charge in [0.2, 0.25) is 0 Å². The van der Waals surface area contributed by atoms with E-state index in [-0.39, 0.29) is 19.1 Å². The monoisotopic (exact) mass is 355 g/mol. The Bertz CT molecular complexity index is 799. The lowest BCUT2D eigenvalue weighted by Gasteiger charge is -2.13. The maximum absolute atomic E-state index is 12.1. The third-order valence-electron chi connectivity index (χ3n) is 4.04. The molecule has 0 spiro atoms. The second kappa shape index (κ2) is 9.04. The molecule has 2 aromatic rings. The van der Waals surface area contributed by atoms with E-state index in [9.17, 15) is 9.59 Å². The number of hydrogen-bond acceptors (Lipinski definition) is 4. The molecule has 0 atom stereocenters. The standard InChI is InChI=1S/C21H25NO4/c1-5-17-8-6-7-15(3)21(17)22-19(23)12-26-20(24)13-25-18-10-9-14(2)11-16(18)4/h6-11H,5,12-13H2,1-4H3,(H,22,23). The third kappa shape index (κ3) is 5.34. The average molecular weight is 355 g/mol. The van der Waals surface area contributed by atoms with E-state index in [1.165, 1.54) is 0 Å². The number of para-hydroxylation sites is 1. The Labute approximate surface area is 154 Å². The summed E-state index contributed by atoms with van der Waals surface area (Å²) in [6.45, 7) is 7.28. The highest BCUT2D eigenvalue weighted by molar-refractivity contribution is 5.94. The zero-order valence-corrected chi connectivity index (χ0v) is 15.7. The predicted octanol–water partition coefficient (Wildman–Crippen LogP) is 3.73. The van der Waals surface area contributed by atoms with E-state index in [1.807, 2.05) is 64.1 Å². The molecule has 0 aliphatic rings. The first kappa shape index (κ1) is 19.5. The van der Waals surface area contributed by atoms with Crippen LogP contribution in [0.5, 0.6) is 5.75 Å². The van der Waals surface area contributed by atoms with Gasteiger partial charge in [0, 0.05) is 5.69 Å². The number of carbonyl (C=O) groups excluding carboxylic acids is 2. The molecular formula is C21H25NO4. The Morgan fingerprint density at radius 2 is 1.77 bits per heavy atom. The molecule has 1 N–H and O–H groups in total. The Kier molecular flexibility index (Phi) is 6.78. The smallest absolute Gasteiger partial charge is 0.344 e. The highest BCUT2D eigenvalue weighted by Crippen LogP contribution is 2.21. The number of hydrogen-bond donors (Lipinski definition) is 1. The van der Waals surface area contributed by atoms with Gasteiger partial charge in [-0.05, 0) is 49.9 Å². The van der Waals surface area contributed by atoms with Crippen molar-refractivity contribution >= 4 is 17.6 Å². The number of ether oxygens (including phenoxy) is 2. The summed E-state index contributed by atoms with van der Waals surface area (Å²) in [6.07, 6.45) is 0.806. The summed E-state index contributed by atoms with van der Waals surface area (Å²) in [5.41, 5.74) is 4.87. The van der Waals surface area contributed by atoms with Crippen LogP contribution >= 0.6 is 0 Å². The van der Waals surface area contributed by atoms with Crippen LogP contribution < -0.4 is 10.1 Å². The van der Waals surface area contributed by atoms with Crippen molar-refractivity contribution in [2.75, 3.05) is 18.5 Å². The average Bonchev–Trinajstić information content (AvgIpc) is 2.61. The van der Waals surface area contributed by atoms with Crippen LogP contribution in [0.25, 0.3) is 0 Å². The highest BCUT2D eigenvalue weighted by Gasteiger charge is 2.12. The minimum Gasteiger partial charge on any atom is -0.482 e. The quantitative estimate of drug-likeness (QED) is 0.769. The normalized spacial score (nSPS) is 10.3. The second-order valence-electron chi connectivity index (χ2n) is 6.23. The molecule has 0 aliphatic carbocycles. The molecule has 1 amide bonds. The van der Waals surface area contributed by atoms with Gasteiger partial charge >= 0.3 is 5.97 Å². The molecular weight excluding hydrogens is 330 g/mol. The number of amides is 1. The molecule has 2 rings (SSSR count). The van der Waals surface area contributed by atoms with E-state index >= 15 is 0 Å². The van der Waals surface area contributed by atoms with Crippen molar-refractivity contribution in [2.45, 2.75) is 34.1 Å². The van der Waals surface area contributed by atoms with Crippen LogP contribution in [0, 0.1) is 20.8 Å². The summed E-state index contributed by atoms with van der Waals surface area (Å²) in [5.74, 6) is -0.320. The van der Waals surface area contributed by atoms with E-state index in [0.29, 0.717) is 5.75 Å². The molecule has 0 aromatic heterocycles. The summed E-state index contributed by atoms with van der Waals surface area (Å²) in [4.78, 5) is 23.9. The van der Waals surface area contributed by atoms with E-state index in [2.05, 4.69) is 5.32 Å². The van der Waals surface area contributed by atoms with E-state index in [0.717, 1.165) is 34.4 Å². The number of benzene rings is 2. The molecule has 26 heavy (non-hydrogen) atoms. The molecule has 138 valence electrons. The lowest BCUT2D eigenvalue weighted by atomic mass is 10.1. The molecule has 0 radical (unpaired) electrons. The zero-order chi connectivity index (χ0) is 19.1. The summed E-state index contributed by atoms with van der Waals surface area (Å²) in [6, 6.07) is 11.5. The fourth-order valence-electron chi connectivity index (χ4n) is 2.66. The van der Waals surface area contributed by atoms with Crippen LogP contribution in [-0.4, -0.2) is 25.1 Å². The fourth-order valence-corrected chi connectivity index (χ4v) is 2.66. The topological polar surface area (TPSA) is 64.6 Å². The van der Waals surface area contributed by atoms with Gasteiger partial charge in [0.25, 0.3) is 5.91 Å². The Balaban J connectivity index is 1.83. The van der Waals surface area contributed by atoms with Crippen LogP contribution in [0.15, 0.2) is 36.4 Å². The minimum atomic E-state index is -0.583. The zero-order valence-electron chi connectivity index (χ0n) is 15.7. The molecule has 0 bridgehead atoms. The summed E-state index contributed by atoms with van der Waals surface area (Å²) >= 11 is 0. The molecule has 5 nitrogen and oxygen atoms in total. The van der Waals surface area contributed by atoms with Crippen LogP contribution in [0.2, 0.25) is 0 Å². The lowest BCUT2D eigenvalue weighted by molar-refractivity contribution is -0.149. The van der Waals surface area contributed by atoms with Crippen molar-refractivity contribution in [3.05, 3.63) is 58.7 Å². The van der Waals surface area contributed by atoms with Crippen molar-refractivity contribution in [3.63, 3.8) is 0 Å². The fraction of sp³-hybridized carbons (Fsp3) is 0.333. The minimum absolute atomic E-state index is 0.234. The van der Waals surface area contributed by atoms with Crippen LogP contribution in [0.4, 0.5) is 5.69 Å². The van der Waals surface area contributed by atoms with Crippen molar-refractivity contribution in [1.82, 2.24) is 0 Å².